The van der Waals surface area contributed by atoms with Gasteiger partial charge in [-0.1, -0.05) is 46.9 Å². The predicted molar refractivity (Wildman–Crippen MR) is 129 cm³/mol. The fraction of sp³-hybridized carbons (Fsp3) is 0.0909. The number of carbonyl (C=O) groups excluding carboxylic acids is 4. The minimum absolute atomic E-state index is 0.213. The van der Waals surface area contributed by atoms with Crippen LogP contribution < -0.4 is 10.0 Å². The number of imide groups is 1. The van der Waals surface area contributed by atoms with E-state index in [2.05, 4.69) is 5.32 Å². The standard InChI is InChI=1S/C22H16IN3O6S/c23-11-18(27)24-14-7-9-15(10-8-14)33(31,32)25-19(28)12-26-21(29)16-5-1-3-13-4-2-6-17(20(13)16)22(26)30/h1-10H,11-12H2,(H,24,27)(H,25,28). The molecule has 0 saturated heterocycles. The number of nitrogens with one attached hydrogen (secondary N) is 2. The van der Waals surface area contributed by atoms with Gasteiger partial charge >= 0.3 is 0 Å². The Balaban J connectivity index is 1.51. The number of alkyl halides is 1. The summed E-state index contributed by atoms with van der Waals surface area (Å²) < 4.78 is 27.3. The van der Waals surface area contributed by atoms with E-state index >= 15 is 0 Å². The highest BCUT2D eigenvalue weighted by Crippen LogP contribution is 2.29. The highest BCUT2D eigenvalue weighted by atomic mass is 127. The predicted octanol–water partition coefficient (Wildman–Crippen LogP) is 2.31. The van der Waals surface area contributed by atoms with E-state index in [-0.39, 0.29) is 26.4 Å². The zero-order valence-electron chi connectivity index (χ0n) is 16.9. The Morgan fingerprint density at radius 2 is 1.42 bits per heavy atom. The summed E-state index contributed by atoms with van der Waals surface area (Å²) in [6.45, 7) is -0.759. The lowest BCUT2D eigenvalue weighted by molar-refractivity contribution is -0.119. The van der Waals surface area contributed by atoms with Gasteiger partial charge in [0.25, 0.3) is 27.7 Å². The van der Waals surface area contributed by atoms with E-state index in [1.54, 1.807) is 36.4 Å². The van der Waals surface area contributed by atoms with Crippen LogP contribution in [0.3, 0.4) is 0 Å². The maximum absolute atomic E-state index is 12.9. The first-order valence-corrected chi connectivity index (χ1v) is 12.6. The molecule has 9 nitrogen and oxygen atoms in total. The minimum Gasteiger partial charge on any atom is -0.325 e. The molecule has 0 fully saturated rings. The average molecular weight is 577 g/mol. The summed E-state index contributed by atoms with van der Waals surface area (Å²) in [6, 6.07) is 15.2. The lowest BCUT2D eigenvalue weighted by Gasteiger charge is -2.26. The van der Waals surface area contributed by atoms with E-state index in [0.29, 0.717) is 11.1 Å². The number of sulfonamides is 1. The molecule has 3 aromatic carbocycles. The number of rotatable bonds is 6. The number of hydrogen-bond donors (Lipinski definition) is 2. The molecule has 0 aliphatic carbocycles. The molecule has 0 saturated carbocycles. The topological polar surface area (TPSA) is 130 Å². The largest absolute Gasteiger partial charge is 0.325 e. The molecule has 2 N–H and O–H groups in total. The quantitative estimate of drug-likeness (QED) is 0.263. The molecule has 0 aromatic heterocycles. The van der Waals surface area contributed by atoms with Gasteiger partial charge in [-0.2, -0.15) is 0 Å². The molecule has 33 heavy (non-hydrogen) atoms. The average Bonchev–Trinajstić information content (AvgIpc) is 2.80. The highest BCUT2D eigenvalue weighted by molar-refractivity contribution is 14.1. The number of nitrogens with zero attached hydrogens (tertiary/aromatic N) is 1. The third-order valence-corrected chi connectivity index (χ3v) is 7.06. The van der Waals surface area contributed by atoms with Crippen LogP contribution in [0, 0.1) is 0 Å². The fourth-order valence-corrected chi connectivity index (χ4v) is 4.69. The fourth-order valence-electron chi connectivity index (χ4n) is 3.52. The van der Waals surface area contributed by atoms with Crippen molar-refractivity contribution in [2.45, 2.75) is 4.90 Å². The van der Waals surface area contributed by atoms with Crippen LogP contribution in [0.4, 0.5) is 5.69 Å². The Hall–Kier alpha value is -3.32. The van der Waals surface area contributed by atoms with Crippen molar-refractivity contribution in [2.75, 3.05) is 16.3 Å². The van der Waals surface area contributed by atoms with Crippen LogP contribution in [-0.4, -0.2) is 47.9 Å². The Labute approximate surface area is 202 Å². The molecule has 0 bridgehead atoms. The number of anilines is 1. The molecular formula is C22H16IN3O6S. The molecule has 0 spiro atoms. The second kappa shape index (κ2) is 8.90. The van der Waals surface area contributed by atoms with E-state index in [0.717, 1.165) is 10.3 Å². The first-order valence-electron chi connectivity index (χ1n) is 9.61. The number of halogens is 1. The SMILES string of the molecule is O=C(CI)Nc1ccc(S(=O)(=O)NC(=O)CN2C(=O)c3cccc4cccc(c34)C2=O)cc1. The summed E-state index contributed by atoms with van der Waals surface area (Å²) in [5.41, 5.74) is 0.935. The van der Waals surface area contributed by atoms with Gasteiger partial charge in [-0.15, -0.1) is 0 Å². The van der Waals surface area contributed by atoms with Crippen LogP contribution in [0.2, 0.25) is 0 Å². The van der Waals surface area contributed by atoms with Crippen LogP contribution in [0.1, 0.15) is 20.7 Å². The van der Waals surface area contributed by atoms with E-state index in [9.17, 15) is 27.6 Å². The van der Waals surface area contributed by atoms with Crippen molar-refractivity contribution in [2.24, 2.45) is 0 Å². The molecule has 4 rings (SSSR count). The zero-order valence-corrected chi connectivity index (χ0v) is 19.8. The summed E-state index contributed by atoms with van der Waals surface area (Å²) in [5.74, 6) is -2.63. The van der Waals surface area contributed by atoms with Crippen molar-refractivity contribution >= 4 is 72.7 Å². The van der Waals surface area contributed by atoms with E-state index in [4.69, 9.17) is 0 Å². The highest BCUT2D eigenvalue weighted by Gasteiger charge is 2.34. The summed E-state index contributed by atoms with van der Waals surface area (Å²) in [7, 11) is -4.26. The van der Waals surface area contributed by atoms with Crippen LogP contribution in [0.15, 0.2) is 65.6 Å². The van der Waals surface area contributed by atoms with Crippen LogP contribution in [0.25, 0.3) is 10.8 Å². The van der Waals surface area contributed by atoms with Crippen molar-refractivity contribution in [3.05, 3.63) is 71.8 Å². The molecule has 11 heteroatoms. The third kappa shape index (κ3) is 4.46. The number of benzene rings is 3. The molecule has 168 valence electrons. The summed E-state index contributed by atoms with van der Waals surface area (Å²) in [5, 5.41) is 3.81. The summed E-state index contributed by atoms with van der Waals surface area (Å²) in [4.78, 5) is 50.2. The van der Waals surface area contributed by atoms with Gasteiger partial charge in [0.1, 0.15) is 6.54 Å². The van der Waals surface area contributed by atoms with Crippen molar-refractivity contribution in [1.82, 2.24) is 9.62 Å². The van der Waals surface area contributed by atoms with Gasteiger partial charge in [0.05, 0.1) is 9.32 Å². The molecule has 1 aliphatic rings. The van der Waals surface area contributed by atoms with Crippen molar-refractivity contribution < 1.29 is 27.6 Å². The molecule has 1 aliphatic heterocycles. The molecule has 3 aromatic rings. The monoisotopic (exact) mass is 577 g/mol. The first kappa shape index (κ1) is 22.9. The minimum atomic E-state index is -4.26. The molecular weight excluding hydrogens is 561 g/mol. The first-order chi connectivity index (χ1) is 15.7. The number of amides is 4. The maximum atomic E-state index is 12.9. The van der Waals surface area contributed by atoms with Gasteiger partial charge in [-0.3, -0.25) is 24.1 Å². The number of hydrogen-bond acceptors (Lipinski definition) is 6. The number of carbonyl (C=O) groups is 4. The Morgan fingerprint density at radius 1 is 0.848 bits per heavy atom. The molecule has 1 heterocycles. The summed E-state index contributed by atoms with van der Waals surface area (Å²) >= 11 is 1.89. The summed E-state index contributed by atoms with van der Waals surface area (Å²) in [6.07, 6.45) is 0. The van der Waals surface area contributed by atoms with E-state index in [1.807, 2.05) is 27.3 Å². The van der Waals surface area contributed by atoms with Crippen LogP contribution in [-0.2, 0) is 19.6 Å². The molecule has 0 radical (unpaired) electrons. The normalized spacial score (nSPS) is 13.2. The van der Waals surface area contributed by atoms with Gasteiger partial charge < -0.3 is 5.32 Å². The Morgan fingerprint density at radius 3 is 1.97 bits per heavy atom. The van der Waals surface area contributed by atoms with Crippen LogP contribution >= 0.6 is 22.6 Å². The van der Waals surface area contributed by atoms with E-state index < -0.39 is 34.3 Å². The molecule has 0 atom stereocenters. The molecule has 4 amide bonds. The Kier molecular flexibility index (Phi) is 6.17. The van der Waals surface area contributed by atoms with Gasteiger partial charge in [-0.05, 0) is 41.8 Å². The van der Waals surface area contributed by atoms with Crippen LogP contribution in [0.5, 0.6) is 0 Å². The second-order valence-corrected chi connectivity index (χ2v) is 9.59. The van der Waals surface area contributed by atoms with Crippen molar-refractivity contribution in [3.63, 3.8) is 0 Å². The molecule has 0 unspecified atom stereocenters. The second-order valence-electron chi connectivity index (χ2n) is 7.14. The third-order valence-electron chi connectivity index (χ3n) is 4.98. The maximum Gasteiger partial charge on any atom is 0.264 e. The van der Waals surface area contributed by atoms with Crippen molar-refractivity contribution in [1.29, 1.82) is 0 Å². The lowest BCUT2D eigenvalue weighted by Crippen LogP contribution is -2.47. The van der Waals surface area contributed by atoms with E-state index in [1.165, 1.54) is 24.3 Å². The lowest BCUT2D eigenvalue weighted by atomic mass is 9.94. The van der Waals surface area contributed by atoms with Gasteiger partial charge in [0.2, 0.25) is 5.91 Å². The van der Waals surface area contributed by atoms with Gasteiger partial charge in [-0.25, -0.2) is 13.1 Å². The van der Waals surface area contributed by atoms with Crippen molar-refractivity contribution in [3.8, 4) is 0 Å². The smallest absolute Gasteiger partial charge is 0.264 e. The van der Waals surface area contributed by atoms with Gasteiger partial charge in [0, 0.05) is 22.2 Å². The zero-order chi connectivity index (χ0) is 23.8. The Bertz CT molecular complexity index is 1370. The van der Waals surface area contributed by atoms with Gasteiger partial charge in [0.15, 0.2) is 0 Å².